The minimum atomic E-state index is 0.516. The molecule has 2 aromatic carbocycles. The number of morpholine rings is 2. The van der Waals surface area contributed by atoms with Gasteiger partial charge in [0.25, 0.3) is 0 Å². The average Bonchev–Trinajstić information content (AvgIpc) is 2.94. The van der Waals surface area contributed by atoms with Crippen LogP contribution >= 0.6 is 0 Å². The number of ether oxygens (including phenoxy) is 4. The smallest absolute Gasteiger partial charge is 0.229 e. The molecule has 192 valence electrons. The van der Waals surface area contributed by atoms with E-state index in [1.165, 1.54) is 5.69 Å². The van der Waals surface area contributed by atoms with Crippen molar-refractivity contribution in [3.63, 3.8) is 0 Å². The average molecular weight is 495 g/mol. The monoisotopic (exact) mass is 494 g/mol. The van der Waals surface area contributed by atoms with Gasteiger partial charge < -0.3 is 34.5 Å². The van der Waals surface area contributed by atoms with E-state index in [1.807, 2.05) is 12.1 Å². The topological polar surface area (TPSA) is 93.2 Å². The predicted octanol–water partition coefficient (Wildman–Crippen LogP) is 2.97. The van der Waals surface area contributed by atoms with Crippen molar-refractivity contribution in [3.05, 3.63) is 36.4 Å². The molecule has 5 rings (SSSR count). The minimum Gasteiger partial charge on any atom is -0.493 e. The Hall–Kier alpha value is -3.34. The molecule has 10 heteroatoms. The molecule has 36 heavy (non-hydrogen) atoms. The van der Waals surface area contributed by atoms with Crippen molar-refractivity contribution in [1.29, 1.82) is 0 Å². The van der Waals surface area contributed by atoms with Gasteiger partial charge in [0, 0.05) is 62.1 Å². The highest BCUT2D eigenvalue weighted by molar-refractivity contribution is 5.93. The molecule has 3 aromatic rings. The number of aromatic nitrogens is 2. The lowest BCUT2D eigenvalue weighted by Crippen LogP contribution is -2.39. The molecule has 2 aliphatic heterocycles. The van der Waals surface area contributed by atoms with Gasteiger partial charge in [-0.05, 0) is 30.3 Å². The number of nitrogens with zero attached hydrogens (tertiary/aromatic N) is 4. The molecule has 10 nitrogen and oxygen atoms in total. The first-order valence-corrected chi connectivity index (χ1v) is 12.4. The molecule has 2 fully saturated rings. The maximum Gasteiger partial charge on any atom is 0.229 e. The van der Waals surface area contributed by atoms with E-state index in [-0.39, 0.29) is 0 Å². The fourth-order valence-electron chi connectivity index (χ4n) is 4.51. The second-order valence-corrected chi connectivity index (χ2v) is 8.77. The van der Waals surface area contributed by atoms with Gasteiger partial charge in [-0.25, -0.2) is 4.98 Å². The molecule has 0 saturated carbocycles. The second-order valence-electron chi connectivity index (χ2n) is 8.77. The summed E-state index contributed by atoms with van der Waals surface area (Å²) in [5.74, 6) is 2.54. The number of hydrogen-bond acceptors (Lipinski definition) is 10. The molecule has 0 spiro atoms. The summed E-state index contributed by atoms with van der Waals surface area (Å²) in [5, 5.41) is 7.76. The van der Waals surface area contributed by atoms with Crippen LogP contribution in [-0.4, -0.2) is 94.8 Å². The summed E-state index contributed by atoms with van der Waals surface area (Å²) in [6.07, 6.45) is 0. The van der Waals surface area contributed by atoms with Crippen molar-refractivity contribution in [2.24, 2.45) is 0 Å². The highest BCUT2D eigenvalue weighted by atomic mass is 16.5. The maximum atomic E-state index is 5.53. The maximum absolute atomic E-state index is 5.53. The number of benzene rings is 2. The summed E-state index contributed by atoms with van der Waals surface area (Å²) < 4.78 is 22.0. The Morgan fingerprint density at radius 2 is 1.53 bits per heavy atom. The van der Waals surface area contributed by atoms with Crippen LogP contribution in [0.4, 0.5) is 23.1 Å². The Morgan fingerprint density at radius 1 is 0.861 bits per heavy atom. The molecule has 0 radical (unpaired) electrons. The summed E-state index contributed by atoms with van der Waals surface area (Å²) in [4.78, 5) is 14.3. The van der Waals surface area contributed by atoms with Crippen LogP contribution in [0.2, 0.25) is 0 Å². The van der Waals surface area contributed by atoms with Gasteiger partial charge in [-0.1, -0.05) is 0 Å². The third kappa shape index (κ3) is 5.72. The van der Waals surface area contributed by atoms with Crippen LogP contribution in [-0.2, 0) is 9.47 Å². The van der Waals surface area contributed by atoms with E-state index in [1.54, 1.807) is 14.2 Å². The van der Waals surface area contributed by atoms with Gasteiger partial charge >= 0.3 is 0 Å². The van der Waals surface area contributed by atoms with Crippen molar-refractivity contribution in [2.45, 2.75) is 0 Å². The number of anilines is 4. The third-order valence-corrected chi connectivity index (χ3v) is 6.52. The van der Waals surface area contributed by atoms with Gasteiger partial charge in [-0.3, -0.25) is 4.90 Å². The zero-order valence-corrected chi connectivity index (χ0v) is 21.0. The van der Waals surface area contributed by atoms with Crippen LogP contribution in [0.15, 0.2) is 36.4 Å². The summed E-state index contributed by atoms with van der Waals surface area (Å²) >= 11 is 0. The van der Waals surface area contributed by atoms with Crippen molar-refractivity contribution in [3.8, 4) is 11.5 Å². The zero-order valence-electron chi connectivity index (χ0n) is 21.0. The van der Waals surface area contributed by atoms with Gasteiger partial charge in [0.2, 0.25) is 5.95 Å². The standard InChI is InChI=1S/C26H34N6O4/c1-33-23-17-21-22(18-24(23)34-2)29-26(30-25(21)27-7-8-31-9-13-35-14-10-31)28-19-3-5-20(6-4-19)32-11-15-36-16-12-32/h3-6,17-18H,7-16H2,1-2H3,(H2,27,28,29,30). The predicted molar refractivity (Wildman–Crippen MR) is 141 cm³/mol. The highest BCUT2D eigenvalue weighted by Crippen LogP contribution is 2.35. The summed E-state index contributed by atoms with van der Waals surface area (Å²) in [5.41, 5.74) is 2.88. The van der Waals surface area contributed by atoms with E-state index in [4.69, 9.17) is 28.9 Å². The normalized spacial score (nSPS) is 16.7. The van der Waals surface area contributed by atoms with Crippen LogP contribution in [0.25, 0.3) is 10.9 Å². The van der Waals surface area contributed by atoms with Crippen molar-refractivity contribution in [2.75, 3.05) is 95.4 Å². The Morgan fingerprint density at radius 3 is 2.22 bits per heavy atom. The molecular weight excluding hydrogens is 460 g/mol. The van der Waals surface area contributed by atoms with Crippen LogP contribution < -0.4 is 25.0 Å². The number of fused-ring (bicyclic) bond motifs is 1. The summed E-state index contributed by atoms with van der Waals surface area (Å²) in [6.45, 7) is 8.48. The molecule has 1 aromatic heterocycles. The molecule has 0 unspecified atom stereocenters. The first-order chi connectivity index (χ1) is 17.7. The van der Waals surface area contributed by atoms with E-state index in [0.717, 1.165) is 88.1 Å². The molecule has 2 saturated heterocycles. The van der Waals surface area contributed by atoms with Crippen molar-refractivity contribution < 1.29 is 18.9 Å². The molecule has 3 heterocycles. The Balaban J connectivity index is 1.38. The highest BCUT2D eigenvalue weighted by Gasteiger charge is 2.16. The van der Waals surface area contributed by atoms with Crippen molar-refractivity contribution >= 4 is 34.0 Å². The van der Waals surface area contributed by atoms with Gasteiger partial charge in [0.05, 0.1) is 46.2 Å². The fraction of sp³-hybridized carbons (Fsp3) is 0.462. The van der Waals surface area contributed by atoms with Gasteiger partial charge in [-0.2, -0.15) is 4.98 Å². The van der Waals surface area contributed by atoms with Gasteiger partial charge in [-0.15, -0.1) is 0 Å². The van der Waals surface area contributed by atoms with E-state index in [2.05, 4.69) is 44.7 Å². The molecule has 0 bridgehead atoms. The number of methoxy groups -OCH3 is 2. The lowest BCUT2D eigenvalue weighted by molar-refractivity contribution is 0.0398. The van der Waals surface area contributed by atoms with E-state index in [9.17, 15) is 0 Å². The van der Waals surface area contributed by atoms with Gasteiger partial charge in [0.15, 0.2) is 11.5 Å². The SMILES string of the molecule is COc1cc2nc(Nc3ccc(N4CCOCC4)cc3)nc(NCCN3CCOCC3)c2cc1OC. The first-order valence-electron chi connectivity index (χ1n) is 12.4. The molecule has 0 amide bonds. The van der Waals surface area contributed by atoms with Crippen molar-refractivity contribution in [1.82, 2.24) is 14.9 Å². The summed E-state index contributed by atoms with van der Waals surface area (Å²) in [6, 6.07) is 12.1. The number of nitrogens with one attached hydrogen (secondary N) is 2. The Bertz CT molecular complexity index is 1150. The van der Waals surface area contributed by atoms with Gasteiger partial charge in [0.1, 0.15) is 5.82 Å². The van der Waals surface area contributed by atoms with Crippen LogP contribution in [0.3, 0.4) is 0 Å². The molecule has 2 N–H and O–H groups in total. The molecule has 2 aliphatic rings. The zero-order chi connectivity index (χ0) is 24.7. The molecule has 0 aliphatic carbocycles. The van der Waals surface area contributed by atoms with Crippen LogP contribution in [0, 0.1) is 0 Å². The van der Waals surface area contributed by atoms with E-state index >= 15 is 0 Å². The number of hydrogen-bond donors (Lipinski definition) is 2. The minimum absolute atomic E-state index is 0.516. The molecular formula is C26H34N6O4. The lowest BCUT2D eigenvalue weighted by atomic mass is 10.2. The third-order valence-electron chi connectivity index (χ3n) is 6.52. The lowest BCUT2D eigenvalue weighted by Gasteiger charge is -2.28. The second kappa shape index (κ2) is 11.6. The van der Waals surface area contributed by atoms with E-state index < -0.39 is 0 Å². The Labute approximate surface area is 211 Å². The molecule has 0 atom stereocenters. The van der Waals surface area contributed by atoms with Crippen LogP contribution in [0.5, 0.6) is 11.5 Å². The fourth-order valence-corrected chi connectivity index (χ4v) is 4.51. The quantitative estimate of drug-likeness (QED) is 0.462. The Kier molecular flexibility index (Phi) is 7.85. The van der Waals surface area contributed by atoms with E-state index in [0.29, 0.717) is 17.4 Å². The van der Waals surface area contributed by atoms with Crippen LogP contribution in [0.1, 0.15) is 0 Å². The first kappa shape index (κ1) is 24.4. The summed E-state index contributed by atoms with van der Waals surface area (Å²) in [7, 11) is 3.26. The largest absolute Gasteiger partial charge is 0.493 e. The number of rotatable bonds is 9.